The average molecular weight is 265 g/mol. The molecule has 0 aliphatic carbocycles. The topological polar surface area (TPSA) is 34.8 Å². The van der Waals surface area contributed by atoms with Crippen molar-refractivity contribution >= 4 is 22.2 Å². The zero-order valence-electron chi connectivity index (χ0n) is 13.5. The highest BCUT2D eigenvalue weighted by molar-refractivity contribution is 6.01. The molecule has 3 aromatic heterocycles. The first kappa shape index (κ1) is 7.85. The van der Waals surface area contributed by atoms with Crippen molar-refractivity contribution in [2.24, 2.45) is 6.98 Å². The highest BCUT2D eigenvalue weighted by atomic mass is 16.3. The van der Waals surface area contributed by atoms with E-state index in [1.807, 2.05) is 41.0 Å². The van der Waals surface area contributed by atoms with Crippen molar-refractivity contribution in [3.05, 3.63) is 48.2 Å². The van der Waals surface area contributed by atoms with Gasteiger partial charge in [-0.05, 0) is 18.2 Å². The van der Waals surface area contributed by atoms with Crippen molar-refractivity contribution in [2.75, 3.05) is 0 Å². The van der Waals surface area contributed by atoms with Gasteiger partial charge in [0.05, 0.1) is 16.5 Å². The van der Waals surface area contributed by atoms with E-state index in [9.17, 15) is 0 Å². The average Bonchev–Trinajstić information content (AvgIpc) is 3.12. The Hall–Kier alpha value is -2.62. The summed E-state index contributed by atoms with van der Waals surface area (Å²) in [5, 5.41) is 0.916. The number of furan rings is 1. The highest BCUT2D eigenvalue weighted by Gasteiger charge is 2.36. The molecule has 1 aliphatic rings. The molecule has 0 atom stereocenters. The van der Waals surface area contributed by atoms with Crippen LogP contribution in [-0.4, -0.2) is 9.55 Å². The fourth-order valence-corrected chi connectivity index (χ4v) is 3.08. The minimum absolute atomic E-state index is 0.373. The largest absolute Gasteiger partial charge is 0.419 e. The van der Waals surface area contributed by atoms with E-state index in [2.05, 4.69) is 4.98 Å². The Bertz CT molecular complexity index is 1090. The molecule has 0 unspecified atom stereocenters. The van der Waals surface area contributed by atoms with Gasteiger partial charge in [0.2, 0.25) is 5.52 Å². The molecule has 0 amide bonds. The third kappa shape index (κ3) is 1.04. The number of aromatic nitrogens is 3. The summed E-state index contributed by atoms with van der Waals surface area (Å²) in [5.74, 6) is 0.583. The second-order valence-corrected chi connectivity index (χ2v) is 5.01. The summed E-state index contributed by atoms with van der Waals surface area (Å²) in [6, 6.07) is 11.5. The van der Waals surface area contributed by atoms with Gasteiger partial charge in [0.25, 0.3) is 0 Å². The number of pyridine rings is 1. The van der Waals surface area contributed by atoms with Crippen molar-refractivity contribution in [2.45, 2.75) is 6.54 Å². The maximum absolute atomic E-state index is 7.95. The van der Waals surface area contributed by atoms with E-state index in [1.54, 1.807) is 6.20 Å². The predicted molar refractivity (Wildman–Crippen MR) is 75.2 cm³/mol. The molecule has 5 rings (SSSR count). The van der Waals surface area contributed by atoms with Crippen LogP contribution in [0.4, 0.5) is 0 Å². The lowest BCUT2D eigenvalue weighted by molar-refractivity contribution is -0.640. The quantitative estimate of drug-likeness (QED) is 0.403. The number of benzene rings is 1. The third-order valence-corrected chi connectivity index (χ3v) is 3.92. The fourth-order valence-electron chi connectivity index (χ4n) is 3.08. The molecule has 4 aromatic rings. The van der Waals surface area contributed by atoms with Gasteiger partial charge in [0, 0.05) is 11.8 Å². The van der Waals surface area contributed by atoms with Crippen LogP contribution >= 0.6 is 0 Å². The predicted octanol–water partition coefficient (Wildman–Crippen LogP) is 2.64. The number of aryl methyl sites for hydroxylation is 1. The number of hydrogen-bond donors (Lipinski definition) is 0. The van der Waals surface area contributed by atoms with Crippen LogP contribution in [0.5, 0.6) is 0 Å². The van der Waals surface area contributed by atoms with Crippen LogP contribution < -0.4 is 4.57 Å². The molecule has 0 N–H and O–H groups in total. The first-order chi connectivity index (χ1) is 11.1. The Morgan fingerprint density at radius 1 is 1.30 bits per heavy atom. The minimum Gasteiger partial charge on any atom is -0.419 e. The van der Waals surface area contributed by atoms with Crippen LogP contribution in [0.1, 0.15) is 9.68 Å². The Kier molecular flexibility index (Phi) is 1.29. The van der Waals surface area contributed by atoms with E-state index in [-0.39, 0.29) is 0 Å². The summed E-state index contributed by atoms with van der Waals surface area (Å²) in [4.78, 5) is 4.40. The molecule has 4 heterocycles. The van der Waals surface area contributed by atoms with Gasteiger partial charge in [-0.3, -0.25) is 0 Å². The molecule has 1 aliphatic heterocycles. The molecule has 4 heteroatoms. The second-order valence-electron chi connectivity index (χ2n) is 5.01. The summed E-state index contributed by atoms with van der Waals surface area (Å²) >= 11 is 0. The number of imidazole rings is 1. The highest BCUT2D eigenvalue weighted by Crippen LogP contribution is 2.35. The Labute approximate surface area is 119 Å². The third-order valence-electron chi connectivity index (χ3n) is 3.92. The molecule has 4 nitrogen and oxygen atoms in total. The van der Waals surface area contributed by atoms with Crippen LogP contribution in [0.25, 0.3) is 33.7 Å². The monoisotopic (exact) mass is 265 g/mol. The van der Waals surface area contributed by atoms with Crippen molar-refractivity contribution in [1.29, 1.82) is 0 Å². The Morgan fingerprint density at radius 2 is 2.25 bits per heavy atom. The summed E-state index contributed by atoms with van der Waals surface area (Å²) in [6.45, 7) is -1.74. The number of hydrogen-bond acceptors (Lipinski definition) is 2. The lowest BCUT2D eigenvalue weighted by Gasteiger charge is -1.92. The minimum atomic E-state index is -2.34. The van der Waals surface area contributed by atoms with Crippen molar-refractivity contribution in [3.63, 3.8) is 0 Å². The van der Waals surface area contributed by atoms with Gasteiger partial charge in [-0.15, -0.1) is 0 Å². The molecule has 20 heavy (non-hydrogen) atoms. The van der Waals surface area contributed by atoms with Gasteiger partial charge >= 0.3 is 11.5 Å². The van der Waals surface area contributed by atoms with Gasteiger partial charge in [-0.2, -0.15) is 4.57 Å². The van der Waals surface area contributed by atoms with Crippen molar-refractivity contribution < 1.29 is 13.1 Å². The number of rotatable bonds is 0. The normalized spacial score (nSPS) is 15.9. The zero-order valence-corrected chi connectivity index (χ0v) is 10.5. The van der Waals surface area contributed by atoms with Gasteiger partial charge < -0.3 is 4.42 Å². The Balaban J connectivity index is 2.01. The molecule has 0 saturated heterocycles. The van der Waals surface area contributed by atoms with Crippen LogP contribution in [0, 0.1) is 0 Å². The summed E-state index contributed by atoms with van der Waals surface area (Å²) < 4.78 is 33.0. The van der Waals surface area contributed by atoms with E-state index in [1.165, 1.54) is 4.57 Å². The molecule has 0 saturated carbocycles. The molecule has 0 fully saturated rings. The van der Waals surface area contributed by atoms with E-state index in [4.69, 9.17) is 8.53 Å². The van der Waals surface area contributed by atoms with Crippen LogP contribution in [-0.2, 0) is 13.5 Å². The second kappa shape index (κ2) is 3.28. The van der Waals surface area contributed by atoms with E-state index < -0.39 is 6.98 Å². The van der Waals surface area contributed by atoms with Crippen LogP contribution in [0.15, 0.2) is 47.0 Å². The van der Waals surface area contributed by atoms with Gasteiger partial charge in [-0.1, -0.05) is 18.2 Å². The standard InChI is InChI=1S/C16H12N3O/c1-18-15-13-10(5-4-8-17-13)9-19(15)14-11-6-2-3-7-12(11)20-16(14)18/h2-8H,9H2,1H3/q+1/i1D3. The van der Waals surface area contributed by atoms with Gasteiger partial charge in [-0.25, -0.2) is 9.55 Å². The van der Waals surface area contributed by atoms with Gasteiger partial charge in [0.15, 0.2) is 5.69 Å². The molecule has 1 aromatic carbocycles. The Morgan fingerprint density at radius 3 is 3.20 bits per heavy atom. The first-order valence-electron chi connectivity index (χ1n) is 7.96. The zero-order chi connectivity index (χ0) is 15.8. The van der Waals surface area contributed by atoms with E-state index in [0.717, 1.165) is 16.5 Å². The molecule has 0 radical (unpaired) electrons. The van der Waals surface area contributed by atoms with E-state index >= 15 is 0 Å². The van der Waals surface area contributed by atoms with Crippen molar-refractivity contribution in [3.8, 4) is 11.5 Å². The van der Waals surface area contributed by atoms with Crippen molar-refractivity contribution in [1.82, 2.24) is 9.55 Å². The molecular formula is C16H12N3O+. The number of fused-ring (bicyclic) bond motifs is 7. The van der Waals surface area contributed by atoms with Gasteiger partial charge in [0.1, 0.15) is 12.1 Å². The molecular weight excluding hydrogens is 250 g/mol. The lowest BCUT2D eigenvalue weighted by Crippen LogP contribution is -2.29. The van der Waals surface area contributed by atoms with E-state index in [0.29, 0.717) is 29.4 Å². The molecule has 0 spiro atoms. The maximum atomic E-state index is 7.95. The lowest BCUT2D eigenvalue weighted by atomic mass is 10.2. The van der Waals surface area contributed by atoms with Crippen LogP contribution in [0.2, 0.25) is 0 Å². The number of para-hydroxylation sites is 1. The summed E-state index contributed by atoms with van der Waals surface area (Å²) in [7, 11) is 0. The van der Waals surface area contributed by atoms with Crippen LogP contribution in [0.3, 0.4) is 0 Å². The number of nitrogens with zero attached hydrogens (tertiary/aromatic N) is 3. The summed E-state index contributed by atoms with van der Waals surface area (Å²) in [6.07, 6.45) is 1.69. The first-order valence-corrected chi connectivity index (χ1v) is 6.46. The summed E-state index contributed by atoms with van der Waals surface area (Å²) in [5.41, 5.74) is 3.60. The SMILES string of the molecule is [2H]C([2H])([2H])[n+]1c2n(c3c4ccccc4oc31)Cc1cccnc1-2. The molecule has 0 bridgehead atoms. The maximum Gasteiger partial charge on any atom is 0.339 e. The molecule has 96 valence electrons. The fraction of sp³-hybridized carbons (Fsp3) is 0.125. The smallest absolute Gasteiger partial charge is 0.339 e.